The van der Waals surface area contributed by atoms with E-state index in [4.69, 9.17) is 4.99 Å². The monoisotopic (exact) mass is 738 g/mol. The molecule has 4 nitrogen and oxygen atoms in total. The molecule has 11 rings (SSSR count). The summed E-state index contributed by atoms with van der Waals surface area (Å²) in [5.74, 6) is 1.64. The summed E-state index contributed by atoms with van der Waals surface area (Å²) in [5.41, 5.74) is 14.7. The number of benzene rings is 4. The smallest absolute Gasteiger partial charge is 0.128 e. The molecular weight excluding hydrogens is 693 g/mol. The van der Waals surface area contributed by atoms with Crippen LogP contribution in [0.1, 0.15) is 41.9 Å². The Balaban J connectivity index is 1.02. The van der Waals surface area contributed by atoms with Crippen LogP contribution in [0.15, 0.2) is 221 Å². The van der Waals surface area contributed by atoms with Crippen molar-refractivity contribution in [2.45, 2.75) is 43.3 Å². The van der Waals surface area contributed by atoms with Gasteiger partial charge in [-0.1, -0.05) is 164 Å². The molecule has 6 atom stereocenters. The maximum atomic E-state index is 4.96. The average molecular weight is 739 g/mol. The van der Waals surface area contributed by atoms with Gasteiger partial charge in [-0.05, 0) is 71.4 Å². The number of hydrogen-bond acceptors (Lipinski definition) is 4. The molecule has 1 N–H and O–H groups in total. The van der Waals surface area contributed by atoms with Crippen LogP contribution in [0.2, 0.25) is 0 Å². The van der Waals surface area contributed by atoms with Crippen LogP contribution < -0.4 is 15.1 Å². The number of hydrogen-bond donors (Lipinski definition) is 1. The third-order valence-electron chi connectivity index (χ3n) is 12.9. The van der Waals surface area contributed by atoms with Crippen LogP contribution in [0, 0.1) is 11.8 Å². The SMILES string of the molecule is C1=CC2C3=C([C@H]4C=CC=CC4N(C4=CC(c5ccccc5)CC(C5=CCCC(C6CN=C(c7ccccc7)N6)=C5)=C4)c4ccccc43)N(c3ccccc3)C2C=C1. The van der Waals surface area contributed by atoms with E-state index in [0.717, 1.165) is 37.2 Å². The van der Waals surface area contributed by atoms with E-state index in [1.165, 1.54) is 56.2 Å². The first kappa shape index (κ1) is 33.9. The Bertz CT molecular complexity index is 2530. The van der Waals surface area contributed by atoms with Crippen LogP contribution in [0.4, 0.5) is 11.4 Å². The maximum absolute atomic E-state index is 4.96. The Labute approximate surface area is 336 Å². The molecule has 4 aliphatic carbocycles. The van der Waals surface area contributed by atoms with Crippen LogP contribution in [0.5, 0.6) is 0 Å². The number of amidine groups is 1. The number of fused-ring (bicyclic) bond motifs is 6. The van der Waals surface area contributed by atoms with Gasteiger partial charge in [-0.15, -0.1) is 0 Å². The fraction of sp³-hybridized carbons (Fsp3) is 0.189. The summed E-state index contributed by atoms with van der Waals surface area (Å²) in [6, 6.07) is 42.5. The largest absolute Gasteiger partial charge is 0.362 e. The summed E-state index contributed by atoms with van der Waals surface area (Å²) in [6.45, 7) is 0.776. The lowest BCUT2D eigenvalue weighted by Crippen LogP contribution is -2.43. The summed E-state index contributed by atoms with van der Waals surface area (Å²) in [4.78, 5) is 10.3. The van der Waals surface area contributed by atoms with Gasteiger partial charge in [0.1, 0.15) is 5.84 Å². The highest BCUT2D eigenvalue weighted by Crippen LogP contribution is 2.55. The lowest BCUT2D eigenvalue weighted by atomic mass is 9.81. The molecule has 0 amide bonds. The molecule has 57 heavy (non-hydrogen) atoms. The van der Waals surface area contributed by atoms with Gasteiger partial charge in [0.25, 0.3) is 0 Å². The lowest BCUT2D eigenvalue weighted by molar-refractivity contribution is 0.592. The van der Waals surface area contributed by atoms with Gasteiger partial charge in [-0.2, -0.15) is 0 Å². The van der Waals surface area contributed by atoms with Crippen molar-refractivity contribution in [2.75, 3.05) is 16.3 Å². The van der Waals surface area contributed by atoms with Crippen LogP contribution >= 0.6 is 0 Å². The van der Waals surface area contributed by atoms with E-state index >= 15 is 0 Å². The molecule has 7 aliphatic rings. The molecule has 0 spiro atoms. The predicted molar refractivity (Wildman–Crippen MR) is 236 cm³/mol. The molecule has 4 aromatic carbocycles. The van der Waals surface area contributed by atoms with Crippen molar-refractivity contribution in [3.63, 3.8) is 0 Å². The molecule has 0 bridgehead atoms. The Morgan fingerprint density at radius 3 is 2.14 bits per heavy atom. The molecule has 4 heteroatoms. The van der Waals surface area contributed by atoms with Crippen molar-refractivity contribution in [3.8, 4) is 0 Å². The summed E-state index contributed by atoms with van der Waals surface area (Å²) < 4.78 is 0. The van der Waals surface area contributed by atoms with Gasteiger partial charge in [0.15, 0.2) is 0 Å². The topological polar surface area (TPSA) is 30.9 Å². The van der Waals surface area contributed by atoms with E-state index in [9.17, 15) is 0 Å². The Kier molecular flexibility index (Phi) is 8.49. The maximum Gasteiger partial charge on any atom is 0.128 e. The minimum Gasteiger partial charge on any atom is -0.362 e. The standard InChI is InChI=1S/C53H46N4/c1-4-17-36(18-5-1)40-32-41(38-21-16-22-39(31-38)47-35-54-53(55-47)37-19-6-2-7-20-37)34-43(33-40)56-48-28-13-10-25-44(48)51-45-26-11-14-29-49(45)57(42-23-8-3-9-24-42)52(51)46-27-12-15-30-50(46)56/h1-15,17-21,23-31,33-34,40,45-47,49-50H,16,22,32,35H2,(H,54,55)/t40?,45?,46-,47?,49?,50?/m0/s1. The molecule has 0 saturated carbocycles. The fourth-order valence-electron chi connectivity index (χ4n) is 10.3. The van der Waals surface area contributed by atoms with Crippen molar-refractivity contribution in [1.29, 1.82) is 0 Å². The van der Waals surface area contributed by atoms with E-state index < -0.39 is 0 Å². The molecular formula is C53H46N4. The highest BCUT2D eigenvalue weighted by atomic mass is 15.2. The molecule has 4 aromatic rings. The zero-order valence-corrected chi connectivity index (χ0v) is 32.0. The van der Waals surface area contributed by atoms with Crippen molar-refractivity contribution in [3.05, 3.63) is 233 Å². The van der Waals surface area contributed by atoms with E-state index in [2.05, 4.69) is 203 Å². The van der Waals surface area contributed by atoms with Crippen molar-refractivity contribution < 1.29 is 0 Å². The van der Waals surface area contributed by atoms with Crippen molar-refractivity contribution in [1.82, 2.24) is 5.32 Å². The minimum atomic E-state index is 0.0870. The normalized spacial score (nSPS) is 26.9. The summed E-state index contributed by atoms with van der Waals surface area (Å²) >= 11 is 0. The number of nitrogens with zero attached hydrogens (tertiary/aromatic N) is 3. The zero-order valence-electron chi connectivity index (χ0n) is 32.0. The third kappa shape index (κ3) is 5.94. The first-order chi connectivity index (χ1) is 28.3. The second-order valence-electron chi connectivity index (χ2n) is 16.1. The van der Waals surface area contributed by atoms with Crippen molar-refractivity contribution in [2.24, 2.45) is 16.8 Å². The van der Waals surface area contributed by atoms with Crippen LogP contribution in [0.3, 0.4) is 0 Å². The number of anilines is 2. The Morgan fingerprint density at radius 1 is 0.649 bits per heavy atom. The first-order valence-corrected chi connectivity index (χ1v) is 20.7. The predicted octanol–water partition coefficient (Wildman–Crippen LogP) is 11.0. The number of nitrogens with one attached hydrogen (secondary N) is 1. The van der Waals surface area contributed by atoms with Gasteiger partial charge < -0.3 is 15.1 Å². The average Bonchev–Trinajstić information content (AvgIpc) is 3.89. The fourth-order valence-corrected chi connectivity index (χ4v) is 10.3. The first-order valence-electron chi connectivity index (χ1n) is 20.7. The molecule has 3 aliphatic heterocycles. The Hall–Kier alpha value is -6.39. The molecule has 5 unspecified atom stereocenters. The van der Waals surface area contributed by atoms with Crippen LogP contribution in [0.25, 0.3) is 5.57 Å². The molecule has 278 valence electrons. The minimum absolute atomic E-state index is 0.0870. The van der Waals surface area contributed by atoms with E-state index in [0.29, 0.717) is 0 Å². The molecule has 0 radical (unpaired) electrons. The van der Waals surface area contributed by atoms with Gasteiger partial charge >= 0.3 is 0 Å². The quantitative estimate of drug-likeness (QED) is 0.214. The van der Waals surface area contributed by atoms with Crippen LogP contribution in [-0.2, 0) is 0 Å². The van der Waals surface area contributed by atoms with E-state index in [1.807, 2.05) is 0 Å². The van der Waals surface area contributed by atoms with Gasteiger partial charge in [-0.3, -0.25) is 4.99 Å². The van der Waals surface area contributed by atoms with E-state index in [-0.39, 0.29) is 35.9 Å². The zero-order chi connectivity index (χ0) is 37.7. The van der Waals surface area contributed by atoms with Gasteiger partial charge in [0.05, 0.1) is 24.7 Å². The molecule has 0 fully saturated rings. The van der Waals surface area contributed by atoms with Gasteiger partial charge in [-0.25, -0.2) is 0 Å². The molecule has 0 aromatic heterocycles. The highest BCUT2D eigenvalue weighted by molar-refractivity contribution is 6.00. The number of allylic oxidation sites excluding steroid dienone is 10. The third-order valence-corrected chi connectivity index (χ3v) is 12.9. The highest BCUT2D eigenvalue weighted by Gasteiger charge is 2.48. The van der Waals surface area contributed by atoms with Gasteiger partial charge in [0.2, 0.25) is 0 Å². The number of aliphatic imine (C=N–C) groups is 1. The molecule has 3 heterocycles. The number of para-hydroxylation sites is 2. The second-order valence-corrected chi connectivity index (χ2v) is 16.1. The second kappa shape index (κ2) is 14.3. The summed E-state index contributed by atoms with van der Waals surface area (Å²) in [7, 11) is 0. The lowest BCUT2D eigenvalue weighted by Gasteiger charge is -2.42. The van der Waals surface area contributed by atoms with Crippen molar-refractivity contribution >= 4 is 22.8 Å². The van der Waals surface area contributed by atoms with Gasteiger partial charge in [0, 0.05) is 51.6 Å². The summed E-state index contributed by atoms with van der Waals surface area (Å²) in [6.07, 6.45) is 31.9. The molecule has 0 saturated heterocycles. The summed E-state index contributed by atoms with van der Waals surface area (Å²) in [5, 5.41) is 3.78. The number of rotatable bonds is 6. The van der Waals surface area contributed by atoms with E-state index in [1.54, 1.807) is 0 Å². The van der Waals surface area contributed by atoms with Crippen LogP contribution in [-0.4, -0.2) is 30.5 Å². The Morgan fingerprint density at radius 2 is 1.33 bits per heavy atom.